The molecule has 20 heavy (non-hydrogen) atoms. The van der Waals surface area contributed by atoms with Gasteiger partial charge in [-0.25, -0.2) is 8.42 Å². The zero-order chi connectivity index (χ0) is 14.8. The van der Waals surface area contributed by atoms with E-state index in [-0.39, 0.29) is 10.3 Å². The van der Waals surface area contributed by atoms with Crippen molar-refractivity contribution in [1.29, 1.82) is 5.26 Å². The van der Waals surface area contributed by atoms with Gasteiger partial charge in [-0.3, -0.25) is 0 Å². The monoisotopic (exact) mass is 292 g/mol. The van der Waals surface area contributed by atoms with Crippen LogP contribution < -0.4 is 0 Å². The lowest BCUT2D eigenvalue weighted by Gasteiger charge is -2.23. The zero-order valence-electron chi connectivity index (χ0n) is 12.0. The summed E-state index contributed by atoms with van der Waals surface area (Å²) in [6, 6.07) is 8.13. The molecule has 0 spiro atoms. The summed E-state index contributed by atoms with van der Waals surface area (Å²) in [7, 11) is -3.44. The van der Waals surface area contributed by atoms with Gasteiger partial charge in [0.15, 0.2) is 0 Å². The van der Waals surface area contributed by atoms with E-state index in [0.29, 0.717) is 18.7 Å². The highest BCUT2D eigenvalue weighted by molar-refractivity contribution is 7.89. The maximum Gasteiger partial charge on any atom is 0.243 e. The quantitative estimate of drug-likeness (QED) is 0.842. The fourth-order valence-electron chi connectivity index (χ4n) is 2.49. The van der Waals surface area contributed by atoms with Crippen LogP contribution in [0.25, 0.3) is 0 Å². The summed E-state index contributed by atoms with van der Waals surface area (Å²) in [6.07, 6.45) is 2.82. The van der Waals surface area contributed by atoms with E-state index in [0.717, 1.165) is 19.3 Å². The summed E-state index contributed by atoms with van der Waals surface area (Å²) in [4.78, 5) is 0.274. The molecule has 1 aromatic carbocycles. The van der Waals surface area contributed by atoms with Crippen molar-refractivity contribution >= 4 is 10.0 Å². The lowest BCUT2D eigenvalue weighted by Crippen LogP contribution is -2.32. The van der Waals surface area contributed by atoms with Crippen LogP contribution in [0.5, 0.6) is 0 Å². The predicted octanol–water partition coefficient (Wildman–Crippen LogP) is 2.76. The molecule has 2 rings (SSSR count). The van der Waals surface area contributed by atoms with Gasteiger partial charge in [0.1, 0.15) is 0 Å². The number of nitriles is 1. The molecule has 108 valence electrons. The minimum atomic E-state index is -3.44. The highest BCUT2D eigenvalue weighted by Crippen LogP contribution is 2.31. The second-order valence-corrected chi connectivity index (χ2v) is 8.00. The molecule has 0 saturated carbocycles. The third kappa shape index (κ3) is 3.20. The van der Waals surface area contributed by atoms with E-state index in [9.17, 15) is 8.42 Å². The summed E-state index contributed by atoms with van der Waals surface area (Å²) in [5.74, 6) is 0. The van der Waals surface area contributed by atoms with Crippen LogP contribution in [-0.4, -0.2) is 25.8 Å². The Labute approximate surface area is 121 Å². The first-order valence-electron chi connectivity index (χ1n) is 6.85. The van der Waals surface area contributed by atoms with Crippen LogP contribution in [0.15, 0.2) is 29.2 Å². The highest BCUT2D eigenvalue weighted by atomic mass is 32.2. The lowest BCUT2D eigenvalue weighted by molar-refractivity contribution is 0.315. The fourth-order valence-corrected chi connectivity index (χ4v) is 3.97. The van der Waals surface area contributed by atoms with Crippen LogP contribution in [0, 0.1) is 16.7 Å². The SMILES string of the molecule is CC1(C)CCCN(S(=O)(=O)c2ccc(C#N)cc2)CC1. The van der Waals surface area contributed by atoms with E-state index in [2.05, 4.69) is 13.8 Å². The van der Waals surface area contributed by atoms with Crippen molar-refractivity contribution < 1.29 is 8.42 Å². The van der Waals surface area contributed by atoms with Gasteiger partial charge in [0.05, 0.1) is 16.5 Å². The second kappa shape index (κ2) is 5.55. The van der Waals surface area contributed by atoms with E-state index in [1.54, 1.807) is 16.4 Å². The number of benzene rings is 1. The van der Waals surface area contributed by atoms with Crippen molar-refractivity contribution in [3.63, 3.8) is 0 Å². The first kappa shape index (κ1) is 15.0. The molecule has 4 nitrogen and oxygen atoms in total. The van der Waals surface area contributed by atoms with Crippen LogP contribution in [0.1, 0.15) is 38.7 Å². The molecule has 1 saturated heterocycles. The third-order valence-corrected chi connectivity index (χ3v) is 5.83. The lowest BCUT2D eigenvalue weighted by atomic mass is 9.85. The minimum Gasteiger partial charge on any atom is -0.207 e. The fraction of sp³-hybridized carbons (Fsp3) is 0.533. The highest BCUT2D eigenvalue weighted by Gasteiger charge is 2.30. The molecule has 1 aromatic rings. The number of hydrogen-bond acceptors (Lipinski definition) is 3. The molecule has 0 atom stereocenters. The molecule has 0 amide bonds. The van der Waals surface area contributed by atoms with E-state index in [1.807, 2.05) is 6.07 Å². The molecule has 0 N–H and O–H groups in total. The Morgan fingerprint density at radius 3 is 2.40 bits per heavy atom. The Morgan fingerprint density at radius 2 is 1.80 bits per heavy atom. The van der Waals surface area contributed by atoms with Crippen molar-refractivity contribution in [2.45, 2.75) is 38.0 Å². The molecule has 0 unspecified atom stereocenters. The molecule has 1 fully saturated rings. The molecular weight excluding hydrogens is 272 g/mol. The molecule has 0 radical (unpaired) electrons. The van der Waals surface area contributed by atoms with Gasteiger partial charge >= 0.3 is 0 Å². The number of hydrogen-bond donors (Lipinski definition) is 0. The molecule has 1 heterocycles. The van der Waals surface area contributed by atoms with Crippen molar-refractivity contribution in [2.24, 2.45) is 5.41 Å². The molecule has 0 aromatic heterocycles. The van der Waals surface area contributed by atoms with Gasteiger partial charge in [-0.15, -0.1) is 0 Å². The van der Waals surface area contributed by atoms with Crippen LogP contribution in [0.3, 0.4) is 0 Å². The summed E-state index contributed by atoms with van der Waals surface area (Å²) < 4.78 is 26.8. The third-order valence-electron chi connectivity index (χ3n) is 3.92. The molecule has 1 aliphatic heterocycles. The van der Waals surface area contributed by atoms with Gasteiger partial charge in [0.2, 0.25) is 10.0 Å². The van der Waals surface area contributed by atoms with Crippen molar-refractivity contribution in [2.75, 3.05) is 13.1 Å². The number of nitrogens with zero attached hydrogens (tertiary/aromatic N) is 2. The van der Waals surface area contributed by atoms with Gasteiger partial charge < -0.3 is 0 Å². The Bertz CT molecular complexity index is 612. The Hall–Kier alpha value is -1.38. The van der Waals surface area contributed by atoms with E-state index in [1.165, 1.54) is 12.1 Å². The number of sulfonamides is 1. The predicted molar refractivity (Wildman–Crippen MR) is 77.5 cm³/mol. The molecular formula is C15H20N2O2S. The zero-order valence-corrected chi connectivity index (χ0v) is 12.8. The van der Waals surface area contributed by atoms with Crippen LogP contribution in [-0.2, 0) is 10.0 Å². The topological polar surface area (TPSA) is 61.2 Å². The average molecular weight is 292 g/mol. The van der Waals surface area contributed by atoms with Gasteiger partial charge in [-0.2, -0.15) is 9.57 Å². The van der Waals surface area contributed by atoms with E-state index >= 15 is 0 Å². The average Bonchev–Trinajstić information content (AvgIpc) is 2.60. The van der Waals surface area contributed by atoms with Gasteiger partial charge in [-0.1, -0.05) is 13.8 Å². The Kier molecular flexibility index (Phi) is 4.17. The Balaban J connectivity index is 2.23. The summed E-state index contributed by atoms with van der Waals surface area (Å²) in [5.41, 5.74) is 0.676. The maximum atomic E-state index is 12.6. The normalized spacial score (nSPS) is 20.1. The summed E-state index contributed by atoms with van der Waals surface area (Å²) in [6.45, 7) is 5.51. The smallest absolute Gasteiger partial charge is 0.207 e. The van der Waals surface area contributed by atoms with Crippen LogP contribution in [0.4, 0.5) is 0 Å². The minimum absolute atomic E-state index is 0.203. The van der Waals surface area contributed by atoms with Gasteiger partial charge in [0, 0.05) is 13.1 Å². The molecule has 0 aliphatic carbocycles. The van der Waals surface area contributed by atoms with Crippen LogP contribution in [0.2, 0.25) is 0 Å². The summed E-state index contributed by atoms with van der Waals surface area (Å²) in [5, 5.41) is 8.76. The molecule has 5 heteroatoms. The first-order chi connectivity index (χ1) is 9.35. The largest absolute Gasteiger partial charge is 0.243 e. The Morgan fingerprint density at radius 1 is 1.15 bits per heavy atom. The van der Waals surface area contributed by atoms with Gasteiger partial charge in [-0.05, 0) is 48.9 Å². The number of rotatable bonds is 2. The molecule has 1 aliphatic rings. The second-order valence-electron chi connectivity index (χ2n) is 6.06. The first-order valence-corrected chi connectivity index (χ1v) is 8.29. The van der Waals surface area contributed by atoms with Crippen LogP contribution >= 0.6 is 0 Å². The summed E-state index contributed by atoms with van der Waals surface area (Å²) >= 11 is 0. The van der Waals surface area contributed by atoms with Crippen molar-refractivity contribution in [3.05, 3.63) is 29.8 Å². The maximum absolute atomic E-state index is 12.6. The molecule has 0 bridgehead atoms. The van der Waals surface area contributed by atoms with Crippen molar-refractivity contribution in [3.8, 4) is 6.07 Å². The van der Waals surface area contributed by atoms with Crippen molar-refractivity contribution in [1.82, 2.24) is 4.31 Å². The standard InChI is InChI=1S/C15H20N2O2S/c1-15(2)8-3-10-17(11-9-15)20(18,19)14-6-4-13(12-16)5-7-14/h4-7H,3,8-11H2,1-2H3. The van der Waals surface area contributed by atoms with E-state index in [4.69, 9.17) is 5.26 Å². The van der Waals surface area contributed by atoms with Gasteiger partial charge in [0.25, 0.3) is 0 Å². The van der Waals surface area contributed by atoms with E-state index < -0.39 is 10.0 Å².